The Kier molecular flexibility index (Phi) is 4.45. The van der Waals surface area contributed by atoms with E-state index in [2.05, 4.69) is 24.9 Å². The molecule has 30 heavy (non-hydrogen) atoms. The highest BCUT2D eigenvalue weighted by atomic mass is 32.1. The molecular weight excluding hydrogens is 398 g/mol. The lowest BCUT2D eigenvalue weighted by atomic mass is 10.1. The van der Waals surface area contributed by atoms with Gasteiger partial charge in [-0.2, -0.15) is 0 Å². The van der Waals surface area contributed by atoms with Crippen molar-refractivity contribution in [3.8, 4) is 0 Å². The molecule has 5 heterocycles. The molecule has 0 aliphatic rings. The highest BCUT2D eigenvalue weighted by Gasteiger charge is 2.07. The number of hydrogen-bond acceptors (Lipinski definition) is 7. The van der Waals surface area contributed by atoms with Crippen LogP contribution in [0.3, 0.4) is 0 Å². The maximum atomic E-state index is 10.7. The minimum Gasteiger partial charge on any atom is -0.339 e. The van der Waals surface area contributed by atoms with Crippen LogP contribution in [0.15, 0.2) is 61.3 Å². The molecule has 0 bridgehead atoms. The molecule has 0 atom stereocenters. The van der Waals surface area contributed by atoms with Gasteiger partial charge in [-0.15, -0.1) is 11.3 Å². The van der Waals surface area contributed by atoms with E-state index in [4.69, 9.17) is 0 Å². The standard InChI is InChI=1S/C12H8N2O.C10H5N3OS/c15-7-8-3-4-11-10(6-8)9-2-1-5-13-12(9)14-11;14-4-6-1-7-9-8(3-11-5-13-9)15-10(7)12-2-6/h1-7H,(H,13,14);1-5H. The smallest absolute Gasteiger partial charge is 0.151 e. The molecule has 0 saturated heterocycles. The van der Waals surface area contributed by atoms with Gasteiger partial charge in [-0.25, -0.2) is 19.9 Å². The molecule has 0 fully saturated rings. The fraction of sp³-hybridized carbons (Fsp3) is 0. The topological polar surface area (TPSA) is 101 Å². The zero-order valence-corrected chi connectivity index (χ0v) is 16.3. The number of nitrogens with one attached hydrogen (secondary N) is 1. The molecule has 1 aromatic carbocycles. The molecule has 0 amide bonds. The number of carbonyl (C=O) groups excluding carboxylic acids is 2. The number of aromatic nitrogens is 5. The number of pyridine rings is 2. The number of nitrogens with zero attached hydrogens (tertiary/aromatic N) is 4. The van der Waals surface area contributed by atoms with E-state index in [-0.39, 0.29) is 0 Å². The molecule has 0 spiro atoms. The summed E-state index contributed by atoms with van der Waals surface area (Å²) >= 11 is 1.53. The molecule has 5 aromatic heterocycles. The Morgan fingerprint density at radius 2 is 1.73 bits per heavy atom. The second-order valence-corrected chi connectivity index (χ2v) is 7.55. The van der Waals surface area contributed by atoms with Crippen LogP contribution in [0.1, 0.15) is 20.7 Å². The summed E-state index contributed by atoms with van der Waals surface area (Å²) in [5.74, 6) is 0. The Labute approximate surface area is 173 Å². The van der Waals surface area contributed by atoms with E-state index in [1.54, 1.807) is 30.7 Å². The third-order valence-electron chi connectivity index (χ3n) is 4.68. The number of fused-ring (bicyclic) bond motifs is 6. The third kappa shape index (κ3) is 3.09. The largest absolute Gasteiger partial charge is 0.339 e. The van der Waals surface area contributed by atoms with Gasteiger partial charge in [0.05, 0.1) is 10.2 Å². The third-order valence-corrected chi connectivity index (χ3v) is 5.72. The van der Waals surface area contributed by atoms with Crippen LogP contribution >= 0.6 is 11.3 Å². The number of carbonyl (C=O) groups is 2. The second-order valence-electron chi connectivity index (χ2n) is 6.52. The summed E-state index contributed by atoms with van der Waals surface area (Å²) in [6.45, 7) is 0. The molecule has 8 heteroatoms. The first-order valence-electron chi connectivity index (χ1n) is 9.02. The second kappa shape index (κ2) is 7.41. The summed E-state index contributed by atoms with van der Waals surface area (Å²) in [6.07, 6.45) is 8.22. The number of hydrogen-bond donors (Lipinski definition) is 1. The highest BCUT2D eigenvalue weighted by Crippen LogP contribution is 2.30. The Hall–Kier alpha value is -4.04. The van der Waals surface area contributed by atoms with Crippen molar-refractivity contribution >= 4 is 66.3 Å². The summed E-state index contributed by atoms with van der Waals surface area (Å²) in [6, 6.07) is 11.3. The fourth-order valence-electron chi connectivity index (χ4n) is 3.30. The maximum absolute atomic E-state index is 10.7. The maximum Gasteiger partial charge on any atom is 0.151 e. The van der Waals surface area contributed by atoms with Crippen molar-refractivity contribution in [2.24, 2.45) is 0 Å². The van der Waals surface area contributed by atoms with Gasteiger partial charge in [-0.1, -0.05) is 0 Å². The van der Waals surface area contributed by atoms with Gasteiger partial charge in [-0.05, 0) is 36.4 Å². The molecule has 0 unspecified atom stereocenters. The Morgan fingerprint density at radius 1 is 0.867 bits per heavy atom. The lowest BCUT2D eigenvalue weighted by Gasteiger charge is -1.91. The van der Waals surface area contributed by atoms with Crippen molar-refractivity contribution < 1.29 is 9.59 Å². The molecule has 6 rings (SSSR count). The average molecular weight is 411 g/mol. The molecule has 0 aliphatic carbocycles. The summed E-state index contributed by atoms with van der Waals surface area (Å²) < 4.78 is 0.989. The Balaban J connectivity index is 0.000000128. The number of benzene rings is 1. The summed E-state index contributed by atoms with van der Waals surface area (Å²) in [5, 5.41) is 3.01. The summed E-state index contributed by atoms with van der Waals surface area (Å²) in [7, 11) is 0. The first-order chi connectivity index (χ1) is 14.8. The van der Waals surface area contributed by atoms with Gasteiger partial charge in [0.25, 0.3) is 0 Å². The van der Waals surface area contributed by atoms with Crippen LogP contribution in [0.2, 0.25) is 0 Å². The monoisotopic (exact) mass is 411 g/mol. The van der Waals surface area contributed by atoms with Crippen LogP contribution < -0.4 is 0 Å². The average Bonchev–Trinajstić information content (AvgIpc) is 3.36. The molecule has 1 N–H and O–H groups in total. The molecule has 0 aliphatic heterocycles. The van der Waals surface area contributed by atoms with E-state index in [0.29, 0.717) is 11.1 Å². The minimum atomic E-state index is 0.570. The number of aromatic amines is 1. The quantitative estimate of drug-likeness (QED) is 0.419. The van der Waals surface area contributed by atoms with E-state index in [1.807, 2.05) is 24.3 Å². The van der Waals surface area contributed by atoms with Crippen molar-refractivity contribution in [2.75, 3.05) is 0 Å². The first kappa shape index (κ1) is 18.0. The first-order valence-corrected chi connectivity index (χ1v) is 9.83. The van der Waals surface area contributed by atoms with Crippen LogP contribution in [0, 0.1) is 0 Å². The molecule has 144 valence electrons. The molecule has 6 aromatic rings. The van der Waals surface area contributed by atoms with Crippen LogP contribution in [0.25, 0.3) is 42.4 Å². The Bertz CT molecular complexity index is 1440. The van der Waals surface area contributed by atoms with Crippen LogP contribution in [0.4, 0.5) is 0 Å². The van der Waals surface area contributed by atoms with Gasteiger partial charge in [0.15, 0.2) is 6.29 Å². The molecule has 0 radical (unpaired) electrons. The Morgan fingerprint density at radius 3 is 2.60 bits per heavy atom. The van der Waals surface area contributed by atoms with Crippen molar-refractivity contribution in [1.29, 1.82) is 0 Å². The number of H-pyrrole nitrogens is 1. The lowest BCUT2D eigenvalue weighted by molar-refractivity contribution is 0.111. The van der Waals surface area contributed by atoms with Gasteiger partial charge in [0, 0.05) is 51.4 Å². The van der Waals surface area contributed by atoms with E-state index in [0.717, 1.165) is 54.9 Å². The van der Waals surface area contributed by atoms with Crippen LogP contribution in [-0.4, -0.2) is 37.5 Å². The van der Waals surface area contributed by atoms with E-state index < -0.39 is 0 Å². The fourth-order valence-corrected chi connectivity index (χ4v) is 4.25. The summed E-state index contributed by atoms with van der Waals surface area (Å²) in [4.78, 5) is 42.0. The number of aldehydes is 2. The van der Waals surface area contributed by atoms with Crippen molar-refractivity contribution in [3.63, 3.8) is 0 Å². The predicted octanol–water partition coefficient (Wildman–Crippen LogP) is 4.58. The lowest BCUT2D eigenvalue weighted by Crippen LogP contribution is -1.82. The van der Waals surface area contributed by atoms with Crippen LogP contribution in [-0.2, 0) is 0 Å². The zero-order valence-electron chi connectivity index (χ0n) is 15.4. The normalized spacial score (nSPS) is 10.9. The van der Waals surface area contributed by atoms with Crippen molar-refractivity contribution in [2.45, 2.75) is 0 Å². The van der Waals surface area contributed by atoms with Gasteiger partial charge in [0.1, 0.15) is 23.1 Å². The number of rotatable bonds is 2. The van der Waals surface area contributed by atoms with E-state index >= 15 is 0 Å². The van der Waals surface area contributed by atoms with Gasteiger partial charge in [0.2, 0.25) is 0 Å². The molecular formula is C22H13N5O2S. The SMILES string of the molecule is O=Cc1ccc2[nH]c3ncccc3c2c1.O=Cc1cnc2sc3cncnc3c2c1. The summed E-state index contributed by atoms with van der Waals surface area (Å²) in [5.41, 5.74) is 3.99. The van der Waals surface area contributed by atoms with E-state index in [9.17, 15) is 9.59 Å². The van der Waals surface area contributed by atoms with Gasteiger partial charge >= 0.3 is 0 Å². The van der Waals surface area contributed by atoms with Gasteiger partial charge in [-0.3, -0.25) is 9.59 Å². The van der Waals surface area contributed by atoms with Crippen molar-refractivity contribution in [1.82, 2.24) is 24.9 Å². The number of thiophene rings is 1. The van der Waals surface area contributed by atoms with Gasteiger partial charge < -0.3 is 4.98 Å². The molecule has 7 nitrogen and oxygen atoms in total. The van der Waals surface area contributed by atoms with E-state index in [1.165, 1.54) is 17.7 Å². The highest BCUT2D eigenvalue weighted by molar-refractivity contribution is 7.25. The van der Waals surface area contributed by atoms with Crippen LogP contribution in [0.5, 0.6) is 0 Å². The minimum absolute atomic E-state index is 0.570. The zero-order chi connectivity index (χ0) is 20.5. The van der Waals surface area contributed by atoms with Crippen molar-refractivity contribution in [3.05, 3.63) is 72.4 Å². The predicted molar refractivity (Wildman–Crippen MR) is 117 cm³/mol. The molecule has 0 saturated carbocycles.